The molecule has 1 atom stereocenters. The molecule has 53 heavy (non-hydrogen) atoms. The van der Waals surface area contributed by atoms with Gasteiger partial charge in [-0.3, -0.25) is 0 Å². The molecule has 0 bridgehead atoms. The summed E-state index contributed by atoms with van der Waals surface area (Å²) in [4.78, 5) is 2.56. The van der Waals surface area contributed by atoms with Crippen molar-refractivity contribution in [2.24, 2.45) is 0 Å². The predicted molar refractivity (Wildman–Crippen MR) is 218 cm³/mol. The molecule has 0 aromatic heterocycles. The lowest BCUT2D eigenvalue weighted by Gasteiger charge is -2.40. The molecule has 8 aromatic rings. The van der Waals surface area contributed by atoms with Gasteiger partial charge in [-0.1, -0.05) is 159 Å². The van der Waals surface area contributed by atoms with Gasteiger partial charge in [-0.15, -0.1) is 0 Å². The Balaban J connectivity index is 1.27. The monoisotopic (exact) mass is 679 g/mol. The van der Waals surface area contributed by atoms with Crippen molar-refractivity contribution >= 4 is 27.8 Å². The lowest BCUT2D eigenvalue weighted by molar-refractivity contribution is 0.441. The van der Waals surface area contributed by atoms with Crippen molar-refractivity contribution in [2.45, 2.75) is 31.6 Å². The standard InChI is InChI=1S/C51H37NO/c1-32-16-4-12-26-43(32)52(45-28-14-21-36-35-19-7-9-22-38(35)50(2,3)48(36)45)44-27-15-25-41-47(44)37-20-8-10-23-39(37)51(41)40-24-11-13-29-46(40)53-49-34-18-6-5-17-33(34)30-31-42(49)51/h4-31H,1-3H3/t51-/m1/s1. The first-order valence-corrected chi connectivity index (χ1v) is 18.6. The summed E-state index contributed by atoms with van der Waals surface area (Å²) >= 11 is 0. The number of ether oxygens (including phenoxy) is 1. The van der Waals surface area contributed by atoms with E-state index in [4.69, 9.17) is 4.74 Å². The maximum Gasteiger partial charge on any atom is 0.140 e. The molecule has 0 saturated carbocycles. The third-order valence-corrected chi connectivity index (χ3v) is 12.2. The number of hydrogen-bond acceptors (Lipinski definition) is 2. The van der Waals surface area contributed by atoms with Gasteiger partial charge >= 0.3 is 0 Å². The van der Waals surface area contributed by atoms with Gasteiger partial charge in [0, 0.05) is 33.2 Å². The molecule has 2 nitrogen and oxygen atoms in total. The first kappa shape index (κ1) is 30.3. The molecule has 1 aliphatic heterocycles. The van der Waals surface area contributed by atoms with Gasteiger partial charge in [0.25, 0.3) is 0 Å². The van der Waals surface area contributed by atoms with Crippen molar-refractivity contribution < 1.29 is 4.74 Å². The van der Waals surface area contributed by atoms with Crippen molar-refractivity contribution in [2.75, 3.05) is 4.90 Å². The van der Waals surface area contributed by atoms with E-state index in [2.05, 4.69) is 196 Å². The Bertz CT molecular complexity index is 2830. The summed E-state index contributed by atoms with van der Waals surface area (Å²) in [6.45, 7) is 7.01. The van der Waals surface area contributed by atoms with E-state index in [0.717, 1.165) is 16.9 Å². The second kappa shape index (κ2) is 10.8. The third-order valence-electron chi connectivity index (χ3n) is 12.2. The zero-order chi connectivity index (χ0) is 35.5. The lowest BCUT2D eigenvalue weighted by atomic mass is 9.65. The van der Waals surface area contributed by atoms with Gasteiger partial charge in [-0.25, -0.2) is 0 Å². The van der Waals surface area contributed by atoms with E-state index in [1.807, 2.05) is 0 Å². The molecule has 1 heterocycles. The summed E-state index contributed by atoms with van der Waals surface area (Å²) in [5.74, 6) is 1.84. The van der Waals surface area contributed by atoms with E-state index in [1.165, 1.54) is 83.6 Å². The van der Waals surface area contributed by atoms with Crippen LogP contribution in [0.4, 0.5) is 17.1 Å². The number of anilines is 3. The third kappa shape index (κ3) is 3.88. The maximum absolute atomic E-state index is 6.93. The van der Waals surface area contributed by atoms with Crippen LogP contribution in [0.5, 0.6) is 11.5 Å². The van der Waals surface area contributed by atoms with Crippen LogP contribution < -0.4 is 9.64 Å². The summed E-state index contributed by atoms with van der Waals surface area (Å²) in [6.07, 6.45) is 0. The van der Waals surface area contributed by atoms with Crippen molar-refractivity contribution in [3.05, 3.63) is 209 Å². The summed E-state index contributed by atoms with van der Waals surface area (Å²) in [5.41, 5.74) is 16.8. The zero-order valence-corrected chi connectivity index (χ0v) is 30.0. The molecule has 252 valence electrons. The van der Waals surface area contributed by atoms with Crippen LogP contribution in [0.2, 0.25) is 0 Å². The fourth-order valence-corrected chi connectivity index (χ4v) is 10.1. The first-order valence-electron chi connectivity index (χ1n) is 18.6. The Kier molecular flexibility index (Phi) is 6.18. The Morgan fingerprint density at radius 3 is 1.94 bits per heavy atom. The van der Waals surface area contributed by atoms with Crippen LogP contribution >= 0.6 is 0 Å². The van der Waals surface area contributed by atoms with E-state index in [1.54, 1.807) is 0 Å². The Hall–Kier alpha value is -6.38. The van der Waals surface area contributed by atoms with Crippen LogP contribution in [0.3, 0.4) is 0 Å². The van der Waals surface area contributed by atoms with E-state index in [0.29, 0.717) is 0 Å². The molecule has 0 unspecified atom stereocenters. The van der Waals surface area contributed by atoms with Gasteiger partial charge < -0.3 is 9.64 Å². The molecule has 11 rings (SSSR count). The minimum Gasteiger partial charge on any atom is -0.456 e. The van der Waals surface area contributed by atoms with Gasteiger partial charge in [0.2, 0.25) is 0 Å². The molecule has 0 radical (unpaired) electrons. The summed E-state index contributed by atoms with van der Waals surface area (Å²) in [5, 5.41) is 2.30. The normalized spacial score (nSPS) is 16.6. The highest BCUT2D eigenvalue weighted by Crippen LogP contribution is 2.65. The van der Waals surface area contributed by atoms with Gasteiger partial charge in [0.05, 0.1) is 16.8 Å². The predicted octanol–water partition coefficient (Wildman–Crippen LogP) is 13.4. The Morgan fingerprint density at radius 2 is 1.08 bits per heavy atom. The summed E-state index contributed by atoms with van der Waals surface area (Å²) in [6, 6.07) is 62.6. The van der Waals surface area contributed by atoms with E-state index >= 15 is 0 Å². The van der Waals surface area contributed by atoms with Gasteiger partial charge in [0.15, 0.2) is 0 Å². The highest BCUT2D eigenvalue weighted by molar-refractivity contribution is 6.02. The molecule has 2 aliphatic carbocycles. The fraction of sp³-hybridized carbons (Fsp3) is 0.0980. The van der Waals surface area contributed by atoms with Gasteiger partial charge in [-0.05, 0) is 81.1 Å². The van der Waals surface area contributed by atoms with Crippen LogP contribution in [-0.4, -0.2) is 0 Å². The Morgan fingerprint density at radius 1 is 0.453 bits per heavy atom. The van der Waals surface area contributed by atoms with Crippen molar-refractivity contribution in [1.29, 1.82) is 0 Å². The molecule has 3 aliphatic rings. The molecule has 0 amide bonds. The zero-order valence-electron chi connectivity index (χ0n) is 30.0. The Labute approximate surface area is 310 Å². The second-order valence-corrected chi connectivity index (χ2v) is 15.2. The molecule has 8 aromatic carbocycles. The number of aryl methyl sites for hydroxylation is 1. The van der Waals surface area contributed by atoms with Crippen LogP contribution in [0.25, 0.3) is 33.0 Å². The van der Waals surface area contributed by atoms with Crippen LogP contribution in [0, 0.1) is 6.92 Å². The van der Waals surface area contributed by atoms with Gasteiger partial charge in [-0.2, -0.15) is 0 Å². The van der Waals surface area contributed by atoms with E-state index in [9.17, 15) is 0 Å². The smallest absolute Gasteiger partial charge is 0.140 e. The molecule has 1 spiro atoms. The summed E-state index contributed by atoms with van der Waals surface area (Å²) in [7, 11) is 0. The minimum atomic E-state index is -0.582. The SMILES string of the molecule is Cc1ccccc1N(c1cccc2c1-c1ccccc1[C@@]21c2ccccc2Oc2c1ccc1ccccc21)c1cccc2c1C(C)(C)c1ccccc1-2. The maximum atomic E-state index is 6.93. The quantitative estimate of drug-likeness (QED) is 0.184. The van der Waals surface area contributed by atoms with Crippen molar-refractivity contribution in [3.63, 3.8) is 0 Å². The first-order chi connectivity index (χ1) is 26.0. The average molecular weight is 680 g/mol. The van der Waals surface area contributed by atoms with Gasteiger partial charge in [0.1, 0.15) is 11.5 Å². The highest BCUT2D eigenvalue weighted by atomic mass is 16.5. The van der Waals surface area contributed by atoms with E-state index < -0.39 is 5.41 Å². The number of fused-ring (bicyclic) bond motifs is 14. The number of rotatable bonds is 3. The molecule has 0 N–H and O–H groups in total. The topological polar surface area (TPSA) is 12.5 Å². The molecule has 0 fully saturated rings. The number of nitrogens with zero attached hydrogens (tertiary/aromatic N) is 1. The van der Waals surface area contributed by atoms with Crippen LogP contribution in [0.1, 0.15) is 52.8 Å². The molecule has 2 heteroatoms. The number of hydrogen-bond donors (Lipinski definition) is 0. The second-order valence-electron chi connectivity index (χ2n) is 15.2. The average Bonchev–Trinajstić information content (AvgIpc) is 3.62. The van der Waals surface area contributed by atoms with Crippen molar-refractivity contribution in [1.82, 2.24) is 0 Å². The van der Waals surface area contributed by atoms with Crippen molar-refractivity contribution in [3.8, 4) is 33.8 Å². The fourth-order valence-electron chi connectivity index (χ4n) is 10.1. The van der Waals surface area contributed by atoms with Crippen LogP contribution in [0.15, 0.2) is 170 Å². The van der Waals surface area contributed by atoms with Crippen LogP contribution in [-0.2, 0) is 10.8 Å². The lowest BCUT2D eigenvalue weighted by Crippen LogP contribution is -2.32. The minimum absolute atomic E-state index is 0.194. The largest absolute Gasteiger partial charge is 0.456 e. The van der Waals surface area contributed by atoms with E-state index in [-0.39, 0.29) is 5.41 Å². The molecular formula is C51H37NO. The summed E-state index contributed by atoms with van der Waals surface area (Å²) < 4.78 is 6.93. The number of benzene rings is 8. The molecule has 0 saturated heterocycles. The number of para-hydroxylation sites is 2. The highest BCUT2D eigenvalue weighted by Gasteiger charge is 2.52. The molecular weight excluding hydrogens is 643 g/mol.